The molecule has 0 aliphatic rings. The summed E-state index contributed by atoms with van der Waals surface area (Å²) < 4.78 is 32.6. The number of hydrogen-bond acceptors (Lipinski definition) is 9. The van der Waals surface area contributed by atoms with Crippen LogP contribution < -0.4 is 0 Å². The first-order valence-electron chi connectivity index (χ1n) is 21.2. The van der Waals surface area contributed by atoms with E-state index in [0.717, 1.165) is 64.2 Å². The van der Waals surface area contributed by atoms with E-state index in [1.54, 1.807) is 0 Å². The van der Waals surface area contributed by atoms with Gasteiger partial charge in [-0.05, 0) is 77.0 Å². The van der Waals surface area contributed by atoms with Crippen molar-refractivity contribution in [2.75, 3.05) is 26.4 Å². The average molecular weight is 797 g/mol. The van der Waals surface area contributed by atoms with Crippen LogP contribution in [0.2, 0.25) is 0 Å². The van der Waals surface area contributed by atoms with Gasteiger partial charge in [0.2, 0.25) is 0 Å². The predicted molar refractivity (Wildman–Crippen MR) is 224 cm³/mol. The molecule has 0 bridgehead atoms. The van der Waals surface area contributed by atoms with Gasteiger partial charge in [0, 0.05) is 12.8 Å². The van der Waals surface area contributed by atoms with Crippen molar-refractivity contribution in [3.05, 3.63) is 60.8 Å². The zero-order valence-electron chi connectivity index (χ0n) is 34.4. The van der Waals surface area contributed by atoms with E-state index in [4.69, 9.17) is 19.1 Å². The number of aliphatic hydroxyl groups is 2. The van der Waals surface area contributed by atoms with E-state index in [9.17, 15) is 24.2 Å². The highest BCUT2D eigenvalue weighted by molar-refractivity contribution is 7.47. The Morgan fingerprint density at radius 1 is 0.545 bits per heavy atom. The Balaban J connectivity index is 4.43. The molecule has 0 spiro atoms. The lowest BCUT2D eigenvalue weighted by molar-refractivity contribution is -0.161. The molecule has 0 saturated heterocycles. The number of esters is 2. The Kier molecular flexibility index (Phi) is 38.2. The number of phosphoric ester groups is 1. The van der Waals surface area contributed by atoms with Gasteiger partial charge in [0.25, 0.3) is 0 Å². The molecule has 0 rings (SSSR count). The van der Waals surface area contributed by atoms with E-state index in [-0.39, 0.29) is 19.4 Å². The summed E-state index contributed by atoms with van der Waals surface area (Å²) in [5.41, 5.74) is 0. The van der Waals surface area contributed by atoms with Crippen molar-refractivity contribution in [3.8, 4) is 0 Å². The Bertz CT molecular complexity index is 1100. The van der Waals surface area contributed by atoms with Gasteiger partial charge < -0.3 is 24.6 Å². The second-order valence-electron chi connectivity index (χ2n) is 14.0. The summed E-state index contributed by atoms with van der Waals surface area (Å²) in [4.78, 5) is 34.9. The van der Waals surface area contributed by atoms with Crippen LogP contribution in [0.25, 0.3) is 0 Å². The molecule has 0 saturated carbocycles. The number of allylic oxidation sites excluding steroid dienone is 10. The molecule has 10 nitrogen and oxygen atoms in total. The maximum atomic E-state index is 12.6. The lowest BCUT2D eigenvalue weighted by atomic mass is 10.1. The quantitative estimate of drug-likeness (QED) is 0.0237. The van der Waals surface area contributed by atoms with E-state index in [1.807, 2.05) is 6.08 Å². The fourth-order valence-corrected chi connectivity index (χ4v) is 6.12. The normalized spacial score (nSPS) is 14.5. The van der Waals surface area contributed by atoms with Crippen molar-refractivity contribution in [2.24, 2.45) is 0 Å². The number of carbonyl (C=O) groups excluding carboxylic acids is 2. The van der Waals surface area contributed by atoms with Crippen LogP contribution in [0.5, 0.6) is 0 Å². The first-order chi connectivity index (χ1) is 26.7. The smallest absolute Gasteiger partial charge is 0.462 e. The van der Waals surface area contributed by atoms with Gasteiger partial charge in [0.05, 0.1) is 19.8 Å². The first kappa shape index (κ1) is 52.7. The van der Waals surface area contributed by atoms with Crippen LogP contribution in [-0.4, -0.2) is 65.7 Å². The molecule has 11 heteroatoms. The second kappa shape index (κ2) is 39.9. The second-order valence-corrected chi connectivity index (χ2v) is 15.5. The van der Waals surface area contributed by atoms with Gasteiger partial charge >= 0.3 is 19.8 Å². The Hall–Kier alpha value is -2.33. The molecule has 0 aromatic rings. The number of aliphatic hydroxyl groups excluding tert-OH is 2. The zero-order chi connectivity index (χ0) is 40.5. The standard InChI is InChI=1S/C44H77O10P/c1-3-5-7-9-11-13-15-17-19-20-22-23-25-27-29-31-33-35-43(47)51-39-42(40-53-55(49,50)52-38-41(46)37-45)54-44(48)36-34-32-30-28-26-24-21-18-16-14-12-10-8-6-4-2/h11,13,17-19,21-23,27,29,41-42,45-46H,3-10,12,14-16,20,24-26,28,30-40H2,1-2H3,(H,49,50)/b13-11+,19-17+,21-18+,23-22+,29-27+/t41-,42+/m0/s1. The lowest BCUT2D eigenvalue weighted by Crippen LogP contribution is -2.29. The van der Waals surface area contributed by atoms with E-state index < -0.39 is 51.8 Å². The van der Waals surface area contributed by atoms with Crippen LogP contribution in [-0.2, 0) is 32.7 Å². The van der Waals surface area contributed by atoms with E-state index in [0.29, 0.717) is 19.3 Å². The number of carbonyl (C=O) groups is 2. The molecule has 0 aliphatic heterocycles. The molecule has 0 aromatic carbocycles. The molecule has 3 atom stereocenters. The van der Waals surface area contributed by atoms with Crippen LogP contribution >= 0.6 is 7.82 Å². The lowest BCUT2D eigenvalue weighted by Gasteiger charge is -2.20. The van der Waals surface area contributed by atoms with Gasteiger partial charge in [0.15, 0.2) is 6.10 Å². The van der Waals surface area contributed by atoms with Gasteiger partial charge in [-0.1, -0.05) is 139 Å². The minimum atomic E-state index is -4.63. The Morgan fingerprint density at radius 3 is 1.53 bits per heavy atom. The fraction of sp³-hybridized carbons (Fsp3) is 0.727. The van der Waals surface area contributed by atoms with Crippen molar-refractivity contribution in [1.29, 1.82) is 0 Å². The predicted octanol–water partition coefficient (Wildman–Crippen LogP) is 11.1. The molecule has 3 N–H and O–H groups in total. The highest BCUT2D eigenvalue weighted by Crippen LogP contribution is 2.43. The molecule has 0 heterocycles. The summed E-state index contributed by atoms with van der Waals surface area (Å²) in [6, 6.07) is 0. The summed E-state index contributed by atoms with van der Waals surface area (Å²) in [6.45, 7) is 2.26. The van der Waals surface area contributed by atoms with Crippen LogP contribution in [0, 0.1) is 0 Å². The molecule has 0 amide bonds. The molecule has 0 radical (unpaired) electrons. The highest BCUT2D eigenvalue weighted by Gasteiger charge is 2.27. The monoisotopic (exact) mass is 797 g/mol. The Labute approximate surface area is 334 Å². The molecule has 0 fully saturated rings. The third-order valence-electron chi connectivity index (χ3n) is 8.64. The number of phosphoric acid groups is 1. The van der Waals surface area contributed by atoms with Crippen molar-refractivity contribution in [3.63, 3.8) is 0 Å². The molecule has 55 heavy (non-hydrogen) atoms. The average Bonchev–Trinajstić information content (AvgIpc) is 3.17. The largest absolute Gasteiger partial charge is 0.472 e. The maximum absolute atomic E-state index is 12.6. The van der Waals surface area contributed by atoms with Crippen LogP contribution in [0.1, 0.15) is 168 Å². The molecule has 318 valence electrons. The Morgan fingerprint density at radius 2 is 0.964 bits per heavy atom. The third kappa shape index (κ3) is 39.7. The number of rotatable bonds is 39. The minimum absolute atomic E-state index is 0.160. The number of ether oxygens (including phenoxy) is 2. The molecule has 0 aliphatic carbocycles. The summed E-state index contributed by atoms with van der Waals surface area (Å²) in [6.07, 6.45) is 43.3. The van der Waals surface area contributed by atoms with Gasteiger partial charge in [0.1, 0.15) is 12.7 Å². The van der Waals surface area contributed by atoms with Crippen molar-refractivity contribution < 1.29 is 47.8 Å². The molecular formula is C44H77O10P. The molecular weight excluding hydrogens is 719 g/mol. The topological polar surface area (TPSA) is 149 Å². The van der Waals surface area contributed by atoms with E-state index in [1.165, 1.54) is 57.8 Å². The van der Waals surface area contributed by atoms with Crippen molar-refractivity contribution in [1.82, 2.24) is 0 Å². The SMILES string of the molecule is CCCCC/C=C/C/C=C/C/C=C/C/C=C/CCCC(=O)OC[C@H](COP(=O)(O)OC[C@@H](O)CO)OC(=O)CCCCCCC/C=C/CCCCCCCC. The summed E-state index contributed by atoms with van der Waals surface area (Å²) >= 11 is 0. The number of hydrogen-bond donors (Lipinski definition) is 3. The summed E-state index contributed by atoms with van der Waals surface area (Å²) in [5.74, 6) is -1.00. The summed E-state index contributed by atoms with van der Waals surface area (Å²) in [5, 5.41) is 18.3. The van der Waals surface area contributed by atoms with Gasteiger partial charge in [-0.25, -0.2) is 4.57 Å². The fourth-order valence-electron chi connectivity index (χ4n) is 5.33. The first-order valence-corrected chi connectivity index (χ1v) is 22.7. The van der Waals surface area contributed by atoms with Crippen LogP contribution in [0.4, 0.5) is 0 Å². The van der Waals surface area contributed by atoms with Gasteiger partial charge in [-0.2, -0.15) is 0 Å². The minimum Gasteiger partial charge on any atom is -0.462 e. The van der Waals surface area contributed by atoms with E-state index >= 15 is 0 Å². The van der Waals surface area contributed by atoms with Crippen LogP contribution in [0.3, 0.4) is 0 Å². The van der Waals surface area contributed by atoms with E-state index in [2.05, 4.69) is 73.1 Å². The highest BCUT2D eigenvalue weighted by atomic mass is 31.2. The molecule has 1 unspecified atom stereocenters. The van der Waals surface area contributed by atoms with Crippen LogP contribution in [0.15, 0.2) is 60.8 Å². The number of unbranched alkanes of at least 4 members (excludes halogenated alkanes) is 15. The third-order valence-corrected chi connectivity index (χ3v) is 9.60. The zero-order valence-corrected chi connectivity index (χ0v) is 35.3. The summed E-state index contributed by atoms with van der Waals surface area (Å²) in [7, 11) is -4.63. The molecule has 0 aromatic heterocycles. The van der Waals surface area contributed by atoms with Gasteiger partial charge in [-0.15, -0.1) is 0 Å². The van der Waals surface area contributed by atoms with Crippen molar-refractivity contribution in [2.45, 2.75) is 180 Å². The maximum Gasteiger partial charge on any atom is 0.472 e. The van der Waals surface area contributed by atoms with Crippen molar-refractivity contribution >= 4 is 19.8 Å². The van der Waals surface area contributed by atoms with Gasteiger partial charge in [-0.3, -0.25) is 18.6 Å².